The number of hydrogen-bond donors (Lipinski definition) is 0. The Bertz CT molecular complexity index is 1640. The summed E-state index contributed by atoms with van der Waals surface area (Å²) >= 11 is 1.79. The predicted octanol–water partition coefficient (Wildman–Crippen LogP) is 11.1. The van der Waals surface area contributed by atoms with Crippen LogP contribution in [0.4, 0.5) is 0 Å². The van der Waals surface area contributed by atoms with Crippen molar-refractivity contribution in [3.63, 3.8) is 0 Å². The Hall–Kier alpha value is -4.21. The summed E-state index contributed by atoms with van der Waals surface area (Å²) in [5.74, 6) is 6.94. The number of benzene rings is 4. The van der Waals surface area contributed by atoms with Gasteiger partial charge in [-0.25, -0.2) is 0 Å². The number of rotatable bonds is 8. The van der Waals surface area contributed by atoms with Crippen LogP contribution in [-0.2, 0) is 12.8 Å². The zero-order valence-electron chi connectivity index (χ0n) is 25.1. The van der Waals surface area contributed by atoms with Crippen molar-refractivity contribution in [3.05, 3.63) is 161 Å². The fourth-order valence-corrected chi connectivity index (χ4v) is 5.70. The highest BCUT2D eigenvalue weighted by Crippen LogP contribution is 2.42. The monoisotopic (exact) mass is 564 g/mol. The number of thioether (sulfide) groups is 1. The van der Waals surface area contributed by atoms with Gasteiger partial charge in [0.2, 0.25) is 0 Å². The minimum Gasteiger partial charge on any atom is -0.130 e. The van der Waals surface area contributed by atoms with Gasteiger partial charge < -0.3 is 0 Å². The molecule has 42 heavy (non-hydrogen) atoms. The van der Waals surface area contributed by atoms with Gasteiger partial charge in [-0.3, -0.25) is 0 Å². The zero-order valence-corrected chi connectivity index (χ0v) is 25.9. The van der Waals surface area contributed by atoms with E-state index in [0.717, 1.165) is 48.8 Å². The second-order valence-electron chi connectivity index (χ2n) is 9.95. The number of allylic oxidation sites excluding steroid dienone is 5. The highest BCUT2D eigenvalue weighted by atomic mass is 32.2. The largest absolute Gasteiger partial charge is 0.130 e. The van der Waals surface area contributed by atoms with E-state index >= 15 is 0 Å². The molecule has 0 atom stereocenters. The van der Waals surface area contributed by atoms with Crippen molar-refractivity contribution >= 4 is 28.5 Å². The molecular weight excluding hydrogens is 525 g/mol. The SMILES string of the molecule is C=C=C(/C=C\Cc1ccccc1)c1cccc(C2=C(c3cc(SC)ccc3C#CCc3ccccc3)CCC2)c1.CC. The van der Waals surface area contributed by atoms with Gasteiger partial charge in [0.1, 0.15) is 0 Å². The third kappa shape index (κ3) is 8.18. The average Bonchev–Trinajstić information content (AvgIpc) is 3.55. The van der Waals surface area contributed by atoms with E-state index in [9.17, 15) is 0 Å². The third-order valence-electron chi connectivity index (χ3n) is 7.32. The van der Waals surface area contributed by atoms with Crippen molar-refractivity contribution in [2.45, 2.75) is 50.8 Å². The molecule has 210 valence electrons. The van der Waals surface area contributed by atoms with Crippen molar-refractivity contribution in [1.82, 2.24) is 0 Å². The summed E-state index contributed by atoms with van der Waals surface area (Å²) in [6.07, 6.45) is 11.4. The minimum absolute atomic E-state index is 0.757. The van der Waals surface area contributed by atoms with Gasteiger partial charge in [-0.2, -0.15) is 0 Å². The Kier molecular flexibility index (Phi) is 11.9. The second-order valence-corrected chi connectivity index (χ2v) is 10.8. The van der Waals surface area contributed by atoms with Crippen LogP contribution in [0.3, 0.4) is 0 Å². The van der Waals surface area contributed by atoms with Crippen LogP contribution in [0.15, 0.2) is 132 Å². The first kappa shape index (κ1) is 30.7. The van der Waals surface area contributed by atoms with Crippen molar-refractivity contribution in [3.8, 4) is 11.8 Å². The lowest BCUT2D eigenvalue weighted by atomic mass is 9.92. The highest BCUT2D eigenvalue weighted by molar-refractivity contribution is 7.98. The van der Waals surface area contributed by atoms with Crippen LogP contribution in [-0.4, -0.2) is 6.26 Å². The fraction of sp³-hybridized carbons (Fsp3) is 0.195. The van der Waals surface area contributed by atoms with Crippen LogP contribution in [0.5, 0.6) is 0 Å². The quantitative estimate of drug-likeness (QED) is 0.0887. The molecule has 4 aromatic rings. The summed E-state index contributed by atoms with van der Waals surface area (Å²) in [4.78, 5) is 1.27. The van der Waals surface area contributed by atoms with Crippen LogP contribution in [0.2, 0.25) is 0 Å². The molecule has 0 saturated carbocycles. The molecule has 5 rings (SSSR count). The van der Waals surface area contributed by atoms with E-state index in [4.69, 9.17) is 0 Å². The van der Waals surface area contributed by atoms with E-state index in [2.05, 4.69) is 140 Å². The molecule has 0 aliphatic heterocycles. The Morgan fingerprint density at radius 2 is 1.52 bits per heavy atom. The van der Waals surface area contributed by atoms with Gasteiger partial charge in [0, 0.05) is 22.5 Å². The molecule has 1 aliphatic carbocycles. The molecule has 0 fully saturated rings. The van der Waals surface area contributed by atoms with Crippen LogP contribution >= 0.6 is 11.8 Å². The molecule has 0 nitrogen and oxygen atoms in total. The molecule has 0 aromatic heterocycles. The molecule has 0 saturated heterocycles. The first-order valence-electron chi connectivity index (χ1n) is 14.9. The lowest BCUT2D eigenvalue weighted by Gasteiger charge is -2.13. The minimum atomic E-state index is 0.757. The fourth-order valence-electron chi connectivity index (χ4n) is 5.26. The molecule has 1 aliphatic rings. The van der Waals surface area contributed by atoms with Gasteiger partial charge in [0.05, 0.1) is 0 Å². The Morgan fingerprint density at radius 3 is 2.24 bits per heavy atom. The maximum Gasteiger partial charge on any atom is 0.0344 e. The zero-order chi connectivity index (χ0) is 29.6. The Balaban J connectivity index is 0.00000198. The average molecular weight is 565 g/mol. The summed E-state index contributed by atoms with van der Waals surface area (Å²) < 4.78 is 0. The van der Waals surface area contributed by atoms with Gasteiger partial charge in [0.25, 0.3) is 0 Å². The Morgan fingerprint density at radius 1 is 0.810 bits per heavy atom. The molecule has 0 spiro atoms. The normalized spacial score (nSPS) is 12.3. The van der Waals surface area contributed by atoms with Crippen molar-refractivity contribution in [1.29, 1.82) is 0 Å². The molecule has 0 radical (unpaired) electrons. The van der Waals surface area contributed by atoms with Crippen LogP contribution in [0.25, 0.3) is 16.7 Å². The second kappa shape index (κ2) is 16.3. The van der Waals surface area contributed by atoms with E-state index < -0.39 is 0 Å². The van der Waals surface area contributed by atoms with Crippen molar-refractivity contribution in [2.75, 3.05) is 6.26 Å². The number of hydrogen-bond acceptors (Lipinski definition) is 1. The van der Waals surface area contributed by atoms with E-state index in [1.165, 1.54) is 38.3 Å². The predicted molar refractivity (Wildman–Crippen MR) is 186 cm³/mol. The molecule has 4 aromatic carbocycles. The van der Waals surface area contributed by atoms with E-state index in [1.54, 1.807) is 11.8 Å². The Labute approximate surface area is 257 Å². The molecule has 0 heterocycles. The van der Waals surface area contributed by atoms with Crippen LogP contribution < -0.4 is 0 Å². The lowest BCUT2D eigenvalue weighted by molar-refractivity contribution is 0.941. The first-order valence-corrected chi connectivity index (χ1v) is 16.1. The van der Waals surface area contributed by atoms with E-state index in [0.29, 0.717) is 0 Å². The molecule has 0 N–H and O–H groups in total. The molecule has 0 bridgehead atoms. The molecule has 1 heteroatoms. The molecule has 0 unspecified atom stereocenters. The van der Waals surface area contributed by atoms with Gasteiger partial charge in [-0.05, 0) is 95.2 Å². The van der Waals surface area contributed by atoms with Gasteiger partial charge in [-0.15, -0.1) is 17.5 Å². The summed E-state index contributed by atoms with van der Waals surface area (Å²) in [6, 6.07) is 36.6. The standard InChI is InChI=1S/C39H34S.C2H6/c1-3-32(20-10-18-30-14-6-4-7-15-30)34-22-12-23-35(28-34)37-24-13-25-38(37)39-29-36(40-2)27-26-33(39)21-11-19-31-16-8-5-9-17-31;1-2/h4-10,12,14-17,20,22-23,26-29H,1,13,18-19,24-25H2,2H3;1-2H3/b20-10-;. The molecular formula is C41H40S. The van der Waals surface area contributed by atoms with E-state index in [1.807, 2.05) is 19.9 Å². The maximum absolute atomic E-state index is 3.99. The van der Waals surface area contributed by atoms with Gasteiger partial charge in [-0.1, -0.05) is 123 Å². The molecule has 0 amide bonds. The summed E-state index contributed by atoms with van der Waals surface area (Å²) in [5, 5.41) is 0. The van der Waals surface area contributed by atoms with E-state index in [-0.39, 0.29) is 0 Å². The van der Waals surface area contributed by atoms with Crippen LogP contribution in [0.1, 0.15) is 66.5 Å². The van der Waals surface area contributed by atoms with Crippen molar-refractivity contribution in [2.24, 2.45) is 0 Å². The summed E-state index contributed by atoms with van der Waals surface area (Å²) in [5.41, 5.74) is 14.4. The third-order valence-corrected chi connectivity index (χ3v) is 8.05. The topological polar surface area (TPSA) is 0 Å². The van der Waals surface area contributed by atoms with Crippen LogP contribution in [0, 0.1) is 11.8 Å². The van der Waals surface area contributed by atoms with Gasteiger partial charge in [0.15, 0.2) is 0 Å². The highest BCUT2D eigenvalue weighted by Gasteiger charge is 2.20. The smallest absolute Gasteiger partial charge is 0.0344 e. The van der Waals surface area contributed by atoms with Crippen molar-refractivity contribution < 1.29 is 0 Å². The first-order chi connectivity index (χ1) is 20.7. The maximum atomic E-state index is 3.99. The lowest BCUT2D eigenvalue weighted by Crippen LogP contribution is -1.93. The van der Waals surface area contributed by atoms with Gasteiger partial charge >= 0.3 is 0 Å². The summed E-state index contributed by atoms with van der Waals surface area (Å²) in [7, 11) is 0. The summed E-state index contributed by atoms with van der Waals surface area (Å²) in [6.45, 7) is 7.99.